The van der Waals surface area contributed by atoms with Gasteiger partial charge in [-0.05, 0) is 0 Å². The van der Waals surface area contributed by atoms with Gasteiger partial charge in [0.2, 0.25) is 0 Å². The maximum atomic E-state index is 2.36. The van der Waals surface area contributed by atoms with Crippen LogP contribution in [0.25, 0.3) is 38.1 Å². The van der Waals surface area contributed by atoms with E-state index in [1.165, 1.54) is 60.4 Å². The minimum atomic E-state index is 1.03. The third kappa shape index (κ3) is 2.74. The molecule has 1 heterocycles. The summed E-state index contributed by atoms with van der Waals surface area (Å²) in [6.45, 7) is 8.99. The Hall–Kier alpha value is -2.93. The Kier molecular flexibility index (Phi) is 4.05. The van der Waals surface area contributed by atoms with Crippen molar-refractivity contribution in [1.82, 2.24) is 0 Å². The molecule has 0 unspecified atom stereocenters. The summed E-state index contributed by atoms with van der Waals surface area (Å²) in [6.07, 6.45) is 7.65. The third-order valence-corrected chi connectivity index (χ3v) is 5.93. The molecule has 0 nitrogen and oxygen atoms in total. The van der Waals surface area contributed by atoms with E-state index in [4.69, 9.17) is 0 Å². The predicted octanol–water partition coefficient (Wildman–Crippen LogP) is 7.27. The summed E-state index contributed by atoms with van der Waals surface area (Å²) in [5.74, 6) is 2.29. The summed E-state index contributed by atoms with van der Waals surface area (Å²) in [5.41, 5.74) is 9.50. The monoisotopic (exact) mass is 358 g/mol. The van der Waals surface area contributed by atoms with Gasteiger partial charge in [0.05, 0.1) is 0 Å². The Labute approximate surface area is 167 Å². The molecule has 1 heteroatoms. The Morgan fingerprint density at radius 1 is 0.821 bits per heavy atom. The molecule has 1 aliphatic rings. The molecule has 0 spiro atoms. The summed E-state index contributed by atoms with van der Waals surface area (Å²) in [6, 6.07) is 18.1. The van der Waals surface area contributed by atoms with Crippen molar-refractivity contribution in [2.24, 2.45) is 0 Å². The zero-order valence-electron chi connectivity index (χ0n) is 16.7. The molecule has 0 radical (unpaired) electrons. The van der Waals surface area contributed by atoms with E-state index < -0.39 is 0 Å². The van der Waals surface area contributed by atoms with Crippen LogP contribution in [-0.4, -0.2) is 6.91 Å². The third-order valence-electron chi connectivity index (χ3n) is 5.93. The van der Waals surface area contributed by atoms with Gasteiger partial charge in [-0.2, -0.15) is 0 Å². The quantitative estimate of drug-likeness (QED) is 0.331. The average molecular weight is 358 g/mol. The van der Waals surface area contributed by atoms with Crippen LogP contribution in [0.5, 0.6) is 0 Å². The first kappa shape index (κ1) is 17.2. The Bertz CT molecular complexity index is 1280. The van der Waals surface area contributed by atoms with Crippen LogP contribution >= 0.6 is 0 Å². The molecule has 0 saturated heterocycles. The van der Waals surface area contributed by atoms with Crippen LogP contribution < -0.4 is 0 Å². The first-order chi connectivity index (χ1) is 13.6. The second kappa shape index (κ2) is 6.60. The van der Waals surface area contributed by atoms with Crippen molar-refractivity contribution in [2.45, 2.75) is 27.2 Å². The second-order valence-electron chi connectivity index (χ2n) is 8.01. The van der Waals surface area contributed by atoms with E-state index in [-0.39, 0.29) is 0 Å². The summed E-state index contributed by atoms with van der Waals surface area (Å²) in [5, 5.41) is 5.29. The first-order valence-corrected chi connectivity index (χ1v) is 10.0. The summed E-state index contributed by atoms with van der Waals surface area (Å²) >= 11 is 0. The van der Waals surface area contributed by atoms with Gasteiger partial charge in [0.25, 0.3) is 0 Å². The topological polar surface area (TPSA) is 0 Å². The fourth-order valence-corrected chi connectivity index (χ4v) is 4.78. The number of rotatable bonds is 2. The molecule has 0 atom stereocenters. The second-order valence-corrected chi connectivity index (χ2v) is 8.01. The number of aryl methyl sites for hydroxylation is 3. The van der Waals surface area contributed by atoms with Crippen molar-refractivity contribution < 1.29 is 0 Å². The van der Waals surface area contributed by atoms with E-state index in [0.717, 1.165) is 6.42 Å². The molecule has 0 saturated carbocycles. The molecule has 5 rings (SSSR count). The van der Waals surface area contributed by atoms with Crippen molar-refractivity contribution in [2.75, 3.05) is 0 Å². The number of fused-ring (bicyclic) bond motifs is 2. The van der Waals surface area contributed by atoms with Crippen LogP contribution in [0.2, 0.25) is 0 Å². The van der Waals surface area contributed by atoms with Crippen LogP contribution in [0.15, 0.2) is 72.7 Å². The molecule has 0 bridgehead atoms. The van der Waals surface area contributed by atoms with E-state index in [9.17, 15) is 0 Å². The van der Waals surface area contributed by atoms with Gasteiger partial charge in [-0.25, -0.2) is 0 Å². The summed E-state index contributed by atoms with van der Waals surface area (Å²) < 4.78 is 0. The van der Waals surface area contributed by atoms with E-state index >= 15 is 0 Å². The van der Waals surface area contributed by atoms with E-state index in [1.807, 2.05) is 0 Å². The van der Waals surface area contributed by atoms with E-state index in [1.54, 1.807) is 0 Å². The number of benzene rings is 3. The molecule has 4 aromatic rings. The average Bonchev–Trinajstić information content (AvgIpc) is 3.21. The van der Waals surface area contributed by atoms with Gasteiger partial charge in [0, 0.05) is 0 Å². The van der Waals surface area contributed by atoms with Gasteiger partial charge in [0.1, 0.15) is 0 Å². The minimum absolute atomic E-state index is 1.03. The molecule has 0 aliphatic heterocycles. The van der Waals surface area contributed by atoms with Crippen molar-refractivity contribution in [3.8, 4) is 11.1 Å². The molecule has 28 heavy (non-hydrogen) atoms. The molecule has 3 aromatic carbocycles. The fourth-order valence-electron chi connectivity index (χ4n) is 4.78. The zero-order valence-corrected chi connectivity index (χ0v) is 16.7. The van der Waals surface area contributed by atoms with Crippen molar-refractivity contribution in [1.29, 1.82) is 0 Å². The first-order valence-electron chi connectivity index (χ1n) is 10.0. The molecular weight excluding hydrogens is 335 g/mol. The van der Waals surface area contributed by atoms with Crippen LogP contribution in [0.3, 0.4) is 0 Å². The number of hydrogen-bond acceptors (Lipinski definition) is 0. The van der Waals surface area contributed by atoms with Gasteiger partial charge in [0.15, 0.2) is 0 Å². The molecule has 0 fully saturated rings. The molecule has 1 aromatic heterocycles. The summed E-state index contributed by atoms with van der Waals surface area (Å²) in [7, 11) is 0. The van der Waals surface area contributed by atoms with Crippen LogP contribution in [0, 0.1) is 20.8 Å². The van der Waals surface area contributed by atoms with Crippen molar-refractivity contribution >= 4 is 33.9 Å². The van der Waals surface area contributed by atoms with Crippen molar-refractivity contribution in [3.63, 3.8) is 0 Å². The SMILES string of the molecule is Cc1cc(C)c(-c2c3bcc(C4=CC=CC4)cc3cc3ccccc23)c(C)c1. The van der Waals surface area contributed by atoms with Gasteiger partial charge in [-0.1, -0.05) is 0 Å². The fraction of sp³-hybridized carbons (Fsp3) is 0.148. The van der Waals surface area contributed by atoms with Crippen LogP contribution in [-0.2, 0) is 0 Å². The summed E-state index contributed by atoms with van der Waals surface area (Å²) in [4.78, 5) is 0. The predicted molar refractivity (Wildman–Crippen MR) is 124 cm³/mol. The standard InChI is InChI=1S/C27H23B/c1-17-12-18(2)25(19(3)13-17)26-24-11-7-6-10-21(24)14-22-15-23(16-28-27(22)26)20-8-4-5-9-20/h4-8,10-16H,9H2,1-3H3. The van der Waals surface area contributed by atoms with Gasteiger partial charge < -0.3 is 0 Å². The number of allylic oxidation sites excluding steroid dienone is 4. The van der Waals surface area contributed by atoms with Crippen molar-refractivity contribution in [3.05, 3.63) is 95.0 Å². The Morgan fingerprint density at radius 3 is 2.36 bits per heavy atom. The van der Waals surface area contributed by atoms with Crippen LogP contribution in [0.4, 0.5) is 0 Å². The molecule has 0 amide bonds. The molecular formula is C27H23B. The normalized spacial score (nSPS) is 13.3. The van der Waals surface area contributed by atoms with E-state index in [2.05, 4.69) is 100 Å². The molecule has 134 valence electrons. The maximum absolute atomic E-state index is 2.36. The van der Waals surface area contributed by atoms with Gasteiger partial charge in [-0.15, -0.1) is 0 Å². The van der Waals surface area contributed by atoms with Gasteiger partial charge >= 0.3 is 167 Å². The Balaban J connectivity index is 1.88. The molecule has 1 aliphatic carbocycles. The Morgan fingerprint density at radius 2 is 1.61 bits per heavy atom. The van der Waals surface area contributed by atoms with E-state index in [0.29, 0.717) is 0 Å². The zero-order chi connectivity index (χ0) is 19.3. The van der Waals surface area contributed by atoms with Crippen LogP contribution in [0.1, 0.15) is 28.7 Å². The van der Waals surface area contributed by atoms with Gasteiger partial charge in [-0.3, -0.25) is 0 Å². The number of hydrogen-bond donors (Lipinski definition) is 0. The molecule has 0 N–H and O–H groups in total.